The molecular weight excluding hydrogens is 743 g/mol. The van der Waals surface area contributed by atoms with Crippen molar-refractivity contribution in [3.63, 3.8) is 0 Å². The van der Waals surface area contributed by atoms with E-state index in [9.17, 15) is 0 Å². The summed E-state index contributed by atoms with van der Waals surface area (Å²) in [7, 11) is 0. The minimum atomic E-state index is -5.49. The molecule has 1 heteroatoms. The summed E-state index contributed by atoms with van der Waals surface area (Å²) in [6.07, 6.45) is 10.2. The Kier molecular flexibility index (Phi) is 8.05. The van der Waals surface area contributed by atoms with Crippen molar-refractivity contribution >= 4 is 16.4 Å². The van der Waals surface area contributed by atoms with E-state index >= 15 is 0 Å². The van der Waals surface area contributed by atoms with Crippen molar-refractivity contribution in [2.24, 2.45) is 11.8 Å². The van der Waals surface area contributed by atoms with Crippen molar-refractivity contribution < 1.29 is 15.1 Å². The fraction of sp³-hybridized carbons (Fsp3) is 0.383. The molecule has 0 saturated heterocycles. The van der Waals surface area contributed by atoms with Crippen molar-refractivity contribution in [3.8, 4) is 22.3 Å². The van der Waals surface area contributed by atoms with E-state index in [1.807, 2.05) is 0 Å². The van der Waals surface area contributed by atoms with E-state index < -0.39 is 15.1 Å². The zero-order chi connectivity index (χ0) is 34.8. The van der Waals surface area contributed by atoms with Gasteiger partial charge in [-0.05, 0) is 0 Å². The average molecular weight is 803 g/mol. The van der Waals surface area contributed by atoms with Crippen molar-refractivity contribution in [2.45, 2.75) is 92.3 Å². The quantitative estimate of drug-likeness (QED) is 0.140. The zero-order valence-corrected chi connectivity index (χ0v) is 35.1. The maximum atomic E-state index is 5.98. The van der Waals surface area contributed by atoms with Crippen LogP contribution in [0.5, 0.6) is 0 Å². The van der Waals surface area contributed by atoms with E-state index in [-0.39, 0.29) is 7.35 Å². The molecule has 0 saturated carbocycles. The van der Waals surface area contributed by atoms with Crippen LogP contribution in [0, 0.1) is 11.8 Å². The van der Waals surface area contributed by atoms with Crippen LogP contribution in [0.3, 0.4) is 0 Å². The third-order valence-corrected chi connectivity index (χ3v) is 57.1. The second kappa shape index (κ2) is 11.1. The van der Waals surface area contributed by atoms with Gasteiger partial charge in [0.25, 0.3) is 0 Å². The molecule has 4 aromatic rings. The second-order valence-corrected chi connectivity index (χ2v) is 69.9. The summed E-state index contributed by atoms with van der Waals surface area (Å²) in [5, 5.41) is 0. The molecule has 252 valence electrons. The number of fused-ring (bicyclic) bond motifs is 2. The van der Waals surface area contributed by atoms with Crippen LogP contribution in [0.1, 0.15) is 108 Å². The van der Waals surface area contributed by atoms with E-state index in [1.54, 1.807) is 0 Å². The third-order valence-electron chi connectivity index (χ3n) is 13.2. The van der Waals surface area contributed by atoms with Gasteiger partial charge in [0.1, 0.15) is 0 Å². The molecule has 0 amide bonds. The molecule has 6 rings (SSSR count). The van der Waals surface area contributed by atoms with E-state index in [1.165, 1.54) is 64.0 Å². The molecule has 0 heterocycles. The molecule has 0 bridgehead atoms. The summed E-state index contributed by atoms with van der Waals surface area (Å²) in [5.41, 5.74) is 13.9. The van der Waals surface area contributed by atoms with Crippen molar-refractivity contribution in [2.75, 3.05) is 0 Å². The molecule has 2 aliphatic carbocycles. The Morgan fingerprint density at radius 1 is 0.542 bits per heavy atom. The Balaban J connectivity index is 1.62. The van der Waals surface area contributed by atoms with Crippen molar-refractivity contribution in [1.29, 1.82) is 0 Å². The van der Waals surface area contributed by atoms with Crippen LogP contribution in [0.25, 0.3) is 34.4 Å². The number of rotatable bonds is 10. The number of hydrogen-bond acceptors (Lipinski definition) is 0. The van der Waals surface area contributed by atoms with Gasteiger partial charge < -0.3 is 0 Å². The van der Waals surface area contributed by atoms with E-state index in [2.05, 4.69) is 174 Å². The van der Waals surface area contributed by atoms with Gasteiger partial charge in [-0.15, -0.1) is 0 Å². The molecule has 0 spiro atoms. The van der Waals surface area contributed by atoms with Crippen molar-refractivity contribution in [1.82, 2.24) is 0 Å². The van der Waals surface area contributed by atoms with Gasteiger partial charge in [0.2, 0.25) is 0 Å². The summed E-state index contributed by atoms with van der Waals surface area (Å²) in [6, 6.07) is 32.7. The molecule has 2 atom stereocenters. The topological polar surface area (TPSA) is 0 Å². The molecular formula is C47H60Hf. The van der Waals surface area contributed by atoms with Gasteiger partial charge in [-0.1, -0.05) is 0 Å². The third kappa shape index (κ3) is 5.39. The minimum absolute atomic E-state index is 0.288. The van der Waals surface area contributed by atoms with Gasteiger partial charge in [-0.3, -0.25) is 0 Å². The monoisotopic (exact) mass is 804 g/mol. The first-order chi connectivity index (χ1) is 22.4. The van der Waals surface area contributed by atoms with Crippen LogP contribution < -0.4 is 0 Å². The van der Waals surface area contributed by atoms with Gasteiger partial charge in [-0.25, -0.2) is 0 Å². The van der Waals surface area contributed by atoms with Crippen LogP contribution in [-0.2, 0) is 15.1 Å². The summed E-state index contributed by atoms with van der Waals surface area (Å²) in [4.78, 5) is 0. The first kappa shape index (κ1) is 34.9. The molecule has 0 fully saturated rings. The predicted octanol–water partition coefficient (Wildman–Crippen LogP) is 14.5. The van der Waals surface area contributed by atoms with Crippen LogP contribution in [-0.4, -0.2) is 4.26 Å². The summed E-state index contributed by atoms with van der Waals surface area (Å²) >= 11 is -5.49. The fourth-order valence-corrected chi connectivity index (χ4v) is 64.1. The molecule has 0 nitrogen and oxygen atoms in total. The summed E-state index contributed by atoms with van der Waals surface area (Å²) in [5.74, 6) is 2.04. The molecule has 0 N–H and O–H groups in total. The summed E-state index contributed by atoms with van der Waals surface area (Å²) in [6.45, 7) is 19.0. The standard InChI is InChI=1S/2C18H17.2C4H9.2CH3.CH2.Hf/c2*1-13(2)15-8-3-9-16(12-15)18-11-5-7-14-6-4-10-17(14)18;2*1-4(2)3;;;;/h2*3-13H,1-2H3;2*4H,1H2,2-3H3;2*1H3;1H2;. The maximum absolute atomic E-state index is 5.98. The van der Waals surface area contributed by atoms with E-state index in [0.717, 1.165) is 0 Å². The fourth-order valence-electron chi connectivity index (χ4n) is 12.2. The van der Waals surface area contributed by atoms with Crippen LogP contribution in [0.4, 0.5) is 0 Å². The van der Waals surface area contributed by atoms with E-state index in [0.29, 0.717) is 23.7 Å². The second-order valence-electron chi connectivity index (χ2n) is 20.0. The molecule has 0 aliphatic heterocycles. The Labute approximate surface area is 286 Å². The Morgan fingerprint density at radius 3 is 1.27 bits per heavy atom. The van der Waals surface area contributed by atoms with Crippen LogP contribution >= 0.6 is 0 Å². The zero-order valence-electron chi connectivity index (χ0n) is 31.5. The molecule has 48 heavy (non-hydrogen) atoms. The normalized spacial score (nSPS) is 19.4. The first-order valence-corrected chi connectivity index (χ1v) is 37.7. The number of allylic oxidation sites excluding steroid dienone is 2. The summed E-state index contributed by atoms with van der Waals surface area (Å²) < 4.78 is 14.5. The molecule has 2 aliphatic rings. The average Bonchev–Trinajstić information content (AvgIpc) is 3.67. The molecule has 2 unspecified atom stereocenters. The van der Waals surface area contributed by atoms with Gasteiger partial charge in [0.05, 0.1) is 0 Å². The molecule has 0 aromatic heterocycles. The van der Waals surface area contributed by atoms with Gasteiger partial charge in [-0.2, -0.15) is 0 Å². The Bertz CT molecular complexity index is 1940. The van der Waals surface area contributed by atoms with Crippen LogP contribution in [0.2, 0.25) is 17.7 Å². The first-order valence-electron chi connectivity index (χ1n) is 18.8. The van der Waals surface area contributed by atoms with Gasteiger partial charge in [0, 0.05) is 0 Å². The predicted molar refractivity (Wildman–Crippen MR) is 214 cm³/mol. The Morgan fingerprint density at radius 2 is 0.917 bits per heavy atom. The van der Waals surface area contributed by atoms with Gasteiger partial charge in [0.15, 0.2) is 0 Å². The van der Waals surface area contributed by atoms with Crippen molar-refractivity contribution in [3.05, 3.63) is 130 Å². The molecule has 4 aromatic carbocycles. The Hall–Kier alpha value is -2.90. The van der Waals surface area contributed by atoms with Gasteiger partial charge >= 0.3 is 288 Å². The molecule has 0 radical (unpaired) electrons. The van der Waals surface area contributed by atoms with Crippen LogP contribution in [0.15, 0.2) is 97.1 Å². The SMILES string of the molecule is [CH2]=[Hf]([CH3])([CH3])([CH2]C(C)C)([CH2]C(C)C)([CH]1C=Cc2c(-c3cccc(C(C)C)c3)cccc21)[CH]1C=Cc2c(-c3cccc(C(C)C)c3)cccc21. The van der Waals surface area contributed by atoms with E-state index in [4.69, 9.17) is 4.26 Å². The number of hydrogen-bond donors (Lipinski definition) is 0. The number of benzene rings is 4.